The molecule has 0 bridgehead atoms. The Hall–Kier alpha value is -3.54. The summed E-state index contributed by atoms with van der Waals surface area (Å²) in [4.78, 5) is 17.5. The first-order chi connectivity index (χ1) is 19.8. The quantitative estimate of drug-likeness (QED) is 0.380. The highest BCUT2D eigenvalue weighted by Gasteiger charge is 2.32. The molecule has 1 atom stereocenters. The summed E-state index contributed by atoms with van der Waals surface area (Å²) in [5, 5.41) is 8.87. The minimum absolute atomic E-state index is 0.165. The zero-order valence-electron chi connectivity index (χ0n) is 23.6. The van der Waals surface area contributed by atoms with Gasteiger partial charge >= 0.3 is 0 Å². The second kappa shape index (κ2) is 13.0. The van der Waals surface area contributed by atoms with Crippen LogP contribution < -0.4 is 9.64 Å². The Balaban J connectivity index is 1.24. The van der Waals surface area contributed by atoms with Gasteiger partial charge in [-0.25, -0.2) is 8.42 Å². The maximum atomic E-state index is 13.6. The number of amides is 1. The molecule has 0 radical (unpaired) electrons. The molecule has 1 amide bonds. The molecule has 41 heavy (non-hydrogen) atoms. The van der Waals surface area contributed by atoms with Crippen LogP contribution in [0.25, 0.3) is 11.3 Å². The Morgan fingerprint density at radius 1 is 0.976 bits per heavy atom. The number of sulfonamides is 1. The number of carbonyl (C=O) groups is 1. The highest BCUT2D eigenvalue weighted by molar-refractivity contribution is 7.89. The standard InChI is InChI=1S/C30H37N5O5S/c1-23-6-12-27(13-7-23)41(37,38)35(21-26-5-3-20-40-26)22-30(36)34-17-4-16-33(18-19-34)29-15-14-28(31-32-29)24-8-10-25(39-2)11-9-24/h6-15,26H,3-5,16-22H2,1-2H3. The molecule has 5 rings (SSSR count). The number of carbonyl (C=O) groups excluding carboxylic acids is 1. The van der Waals surface area contributed by atoms with Crippen LogP contribution in [-0.2, 0) is 19.6 Å². The number of anilines is 1. The minimum atomic E-state index is -3.86. The van der Waals surface area contributed by atoms with Gasteiger partial charge in [-0.05, 0) is 74.7 Å². The normalized spacial score (nSPS) is 18.0. The van der Waals surface area contributed by atoms with Crippen molar-refractivity contribution in [3.05, 3.63) is 66.2 Å². The number of rotatable bonds is 9. The molecular weight excluding hydrogens is 542 g/mol. The van der Waals surface area contributed by atoms with Gasteiger partial charge < -0.3 is 19.3 Å². The number of hydrogen-bond acceptors (Lipinski definition) is 8. The van der Waals surface area contributed by atoms with Crippen molar-refractivity contribution in [3.63, 3.8) is 0 Å². The van der Waals surface area contributed by atoms with E-state index < -0.39 is 10.0 Å². The number of methoxy groups -OCH3 is 1. The molecule has 3 aromatic rings. The summed E-state index contributed by atoms with van der Waals surface area (Å²) in [6, 6.07) is 18.3. The van der Waals surface area contributed by atoms with Crippen molar-refractivity contribution >= 4 is 21.7 Å². The first-order valence-corrected chi connectivity index (χ1v) is 15.5. The molecule has 2 aromatic carbocycles. The molecule has 3 heterocycles. The fourth-order valence-electron chi connectivity index (χ4n) is 5.18. The van der Waals surface area contributed by atoms with Crippen LogP contribution in [0.15, 0.2) is 65.6 Å². The molecule has 0 aliphatic carbocycles. The lowest BCUT2D eigenvalue weighted by atomic mass is 10.1. The van der Waals surface area contributed by atoms with Gasteiger partial charge in [0.1, 0.15) is 5.75 Å². The van der Waals surface area contributed by atoms with Gasteiger partial charge in [-0.2, -0.15) is 4.31 Å². The Morgan fingerprint density at radius 2 is 1.76 bits per heavy atom. The summed E-state index contributed by atoms with van der Waals surface area (Å²) in [6.07, 6.45) is 2.21. The molecule has 2 aliphatic rings. The summed E-state index contributed by atoms with van der Waals surface area (Å²) < 4.78 is 39.4. The van der Waals surface area contributed by atoms with E-state index >= 15 is 0 Å². The van der Waals surface area contributed by atoms with E-state index in [0.717, 1.165) is 54.2 Å². The summed E-state index contributed by atoms with van der Waals surface area (Å²) in [5.41, 5.74) is 2.69. The van der Waals surface area contributed by atoms with Crippen molar-refractivity contribution < 1.29 is 22.7 Å². The van der Waals surface area contributed by atoms with E-state index in [0.29, 0.717) is 26.2 Å². The smallest absolute Gasteiger partial charge is 0.243 e. The van der Waals surface area contributed by atoms with Crippen molar-refractivity contribution in [3.8, 4) is 17.0 Å². The Kier molecular flexibility index (Phi) is 9.16. The average Bonchev–Trinajstić information content (AvgIpc) is 3.38. The van der Waals surface area contributed by atoms with Crippen LogP contribution in [0.4, 0.5) is 5.82 Å². The molecule has 1 unspecified atom stereocenters. The maximum Gasteiger partial charge on any atom is 0.243 e. The predicted octanol–water partition coefficient (Wildman–Crippen LogP) is 3.37. The second-order valence-corrected chi connectivity index (χ2v) is 12.4. The van der Waals surface area contributed by atoms with E-state index in [1.165, 1.54) is 4.31 Å². The molecular formula is C30H37N5O5S. The van der Waals surface area contributed by atoms with Gasteiger partial charge in [0.2, 0.25) is 15.9 Å². The third kappa shape index (κ3) is 7.03. The van der Waals surface area contributed by atoms with E-state index in [1.54, 1.807) is 36.3 Å². The summed E-state index contributed by atoms with van der Waals surface area (Å²) in [7, 11) is -2.23. The van der Waals surface area contributed by atoms with Crippen LogP contribution in [0, 0.1) is 6.92 Å². The summed E-state index contributed by atoms with van der Waals surface area (Å²) in [6.45, 7) is 4.80. The van der Waals surface area contributed by atoms with Crippen molar-refractivity contribution in [1.29, 1.82) is 0 Å². The van der Waals surface area contributed by atoms with E-state index in [9.17, 15) is 13.2 Å². The zero-order valence-corrected chi connectivity index (χ0v) is 24.4. The molecule has 11 heteroatoms. The number of aryl methyl sites for hydroxylation is 1. The first kappa shape index (κ1) is 29.0. The SMILES string of the molecule is COc1ccc(-c2ccc(N3CCCN(C(=O)CN(CC4CCCO4)S(=O)(=O)c4ccc(C)cc4)CC3)nn2)cc1. The van der Waals surface area contributed by atoms with Crippen LogP contribution >= 0.6 is 0 Å². The Labute approximate surface area is 241 Å². The molecule has 1 aromatic heterocycles. The van der Waals surface area contributed by atoms with Gasteiger partial charge in [0.25, 0.3) is 0 Å². The van der Waals surface area contributed by atoms with Gasteiger partial charge in [0.15, 0.2) is 5.82 Å². The number of ether oxygens (including phenoxy) is 2. The summed E-state index contributed by atoms with van der Waals surface area (Å²) >= 11 is 0. The third-order valence-corrected chi connectivity index (χ3v) is 9.44. The van der Waals surface area contributed by atoms with Crippen LogP contribution in [0.2, 0.25) is 0 Å². The average molecular weight is 580 g/mol. The van der Waals surface area contributed by atoms with Crippen LogP contribution in [0.5, 0.6) is 5.75 Å². The third-order valence-electron chi connectivity index (χ3n) is 7.61. The molecule has 0 saturated carbocycles. The van der Waals surface area contributed by atoms with Crippen molar-refractivity contribution in [2.45, 2.75) is 37.2 Å². The monoisotopic (exact) mass is 579 g/mol. The highest BCUT2D eigenvalue weighted by Crippen LogP contribution is 2.23. The first-order valence-electron chi connectivity index (χ1n) is 14.0. The van der Waals surface area contributed by atoms with E-state index in [1.807, 2.05) is 43.3 Å². The van der Waals surface area contributed by atoms with E-state index in [-0.39, 0.29) is 30.0 Å². The highest BCUT2D eigenvalue weighted by atomic mass is 32.2. The number of hydrogen-bond donors (Lipinski definition) is 0. The predicted molar refractivity (Wildman–Crippen MR) is 156 cm³/mol. The van der Waals surface area contributed by atoms with Crippen LogP contribution in [-0.4, -0.2) is 92.8 Å². The lowest BCUT2D eigenvalue weighted by Gasteiger charge is -2.28. The molecule has 218 valence electrons. The van der Waals surface area contributed by atoms with Gasteiger partial charge in [0.05, 0.1) is 30.3 Å². The lowest BCUT2D eigenvalue weighted by molar-refractivity contribution is -0.131. The molecule has 0 spiro atoms. The van der Waals surface area contributed by atoms with Gasteiger partial charge in [-0.15, -0.1) is 10.2 Å². The Morgan fingerprint density at radius 3 is 2.41 bits per heavy atom. The topological polar surface area (TPSA) is 105 Å². The fourth-order valence-corrected chi connectivity index (χ4v) is 6.60. The summed E-state index contributed by atoms with van der Waals surface area (Å²) in [5.74, 6) is 1.32. The number of nitrogens with zero attached hydrogens (tertiary/aromatic N) is 5. The van der Waals surface area contributed by atoms with Crippen molar-refractivity contribution in [1.82, 2.24) is 19.4 Å². The fraction of sp³-hybridized carbons (Fsp3) is 0.433. The maximum absolute atomic E-state index is 13.6. The number of benzene rings is 2. The largest absolute Gasteiger partial charge is 0.497 e. The zero-order chi connectivity index (χ0) is 28.8. The molecule has 2 aliphatic heterocycles. The molecule has 0 N–H and O–H groups in total. The second-order valence-electron chi connectivity index (χ2n) is 10.5. The number of aromatic nitrogens is 2. The van der Waals surface area contributed by atoms with E-state index in [4.69, 9.17) is 9.47 Å². The van der Waals surface area contributed by atoms with Gasteiger partial charge in [-0.1, -0.05) is 17.7 Å². The molecule has 2 fully saturated rings. The van der Waals surface area contributed by atoms with Crippen LogP contribution in [0.1, 0.15) is 24.8 Å². The molecule has 10 nitrogen and oxygen atoms in total. The molecule has 2 saturated heterocycles. The van der Waals surface area contributed by atoms with Crippen molar-refractivity contribution in [2.24, 2.45) is 0 Å². The van der Waals surface area contributed by atoms with Gasteiger partial charge in [-0.3, -0.25) is 4.79 Å². The van der Waals surface area contributed by atoms with E-state index in [2.05, 4.69) is 15.1 Å². The Bertz CT molecular complexity index is 1410. The van der Waals surface area contributed by atoms with Crippen LogP contribution in [0.3, 0.4) is 0 Å². The lowest BCUT2D eigenvalue weighted by Crippen LogP contribution is -2.46. The minimum Gasteiger partial charge on any atom is -0.497 e. The van der Waals surface area contributed by atoms with Crippen molar-refractivity contribution in [2.75, 3.05) is 57.9 Å². The van der Waals surface area contributed by atoms with Gasteiger partial charge in [0, 0.05) is 44.9 Å².